The Hall–Kier alpha value is -2.44. The molecule has 0 saturated carbocycles. The summed E-state index contributed by atoms with van der Waals surface area (Å²) in [7, 11) is 0. The fourth-order valence-corrected chi connectivity index (χ4v) is 1.05. The van der Waals surface area contributed by atoms with Gasteiger partial charge in [0.25, 0.3) is 0 Å². The summed E-state index contributed by atoms with van der Waals surface area (Å²) in [5.74, 6) is -1.67. The molecular weight excluding hydrogens is 202 g/mol. The molecular formula is C8H5N3O4. The summed E-state index contributed by atoms with van der Waals surface area (Å²) in [6.45, 7) is 0. The highest BCUT2D eigenvalue weighted by Gasteiger charge is 2.09. The molecule has 7 nitrogen and oxygen atoms in total. The van der Waals surface area contributed by atoms with E-state index in [4.69, 9.17) is 5.11 Å². The zero-order valence-corrected chi connectivity index (χ0v) is 7.30. The van der Waals surface area contributed by atoms with Crippen LogP contribution >= 0.6 is 0 Å². The number of carboxylic acid groups (broad SMARTS) is 1. The molecule has 0 aliphatic heterocycles. The van der Waals surface area contributed by atoms with Gasteiger partial charge in [-0.1, -0.05) is 5.16 Å². The van der Waals surface area contributed by atoms with E-state index in [-0.39, 0.29) is 11.5 Å². The van der Waals surface area contributed by atoms with E-state index in [1.165, 1.54) is 18.3 Å². The molecule has 2 heterocycles. The standard InChI is InChI=1S/C8H5N3O4/c12-7(13)5-3-4(1-2-9-5)6-10-8(14)15-11-6/h1-3H,(H,12,13)(H,10,11,14). The molecule has 7 heteroatoms. The first-order valence-corrected chi connectivity index (χ1v) is 3.92. The van der Waals surface area contributed by atoms with Crippen LogP contribution in [-0.2, 0) is 0 Å². The Morgan fingerprint density at radius 2 is 2.33 bits per heavy atom. The highest BCUT2D eigenvalue weighted by molar-refractivity contribution is 5.86. The SMILES string of the molecule is O=C(O)c1cc(-c2noc(=O)[nH]2)ccn1. The van der Waals surface area contributed by atoms with Gasteiger partial charge in [0, 0.05) is 11.8 Å². The number of H-pyrrole nitrogens is 1. The van der Waals surface area contributed by atoms with E-state index >= 15 is 0 Å². The van der Waals surface area contributed by atoms with Crippen LogP contribution in [0.3, 0.4) is 0 Å². The lowest BCUT2D eigenvalue weighted by Crippen LogP contribution is -2.00. The second-order valence-corrected chi connectivity index (χ2v) is 2.68. The third kappa shape index (κ3) is 1.75. The molecule has 0 unspecified atom stereocenters. The number of aromatic amines is 1. The van der Waals surface area contributed by atoms with Gasteiger partial charge in [-0.2, -0.15) is 0 Å². The summed E-state index contributed by atoms with van der Waals surface area (Å²) in [6.07, 6.45) is 1.31. The van der Waals surface area contributed by atoms with Crippen molar-refractivity contribution in [3.63, 3.8) is 0 Å². The molecule has 0 atom stereocenters. The highest BCUT2D eigenvalue weighted by atomic mass is 16.5. The summed E-state index contributed by atoms with van der Waals surface area (Å²) in [6, 6.07) is 2.80. The lowest BCUT2D eigenvalue weighted by molar-refractivity contribution is 0.0690. The molecule has 0 amide bonds. The zero-order chi connectivity index (χ0) is 10.8. The van der Waals surface area contributed by atoms with Crippen molar-refractivity contribution < 1.29 is 14.4 Å². The quantitative estimate of drug-likeness (QED) is 0.723. The van der Waals surface area contributed by atoms with Gasteiger partial charge in [0.2, 0.25) is 0 Å². The molecule has 0 saturated heterocycles. The van der Waals surface area contributed by atoms with E-state index < -0.39 is 11.7 Å². The molecule has 2 aromatic heterocycles. The summed E-state index contributed by atoms with van der Waals surface area (Å²) >= 11 is 0. The Morgan fingerprint density at radius 3 is 2.93 bits per heavy atom. The van der Waals surface area contributed by atoms with Crippen molar-refractivity contribution in [2.75, 3.05) is 0 Å². The summed E-state index contributed by atoms with van der Waals surface area (Å²) < 4.78 is 4.29. The minimum atomic E-state index is -1.15. The van der Waals surface area contributed by atoms with Gasteiger partial charge in [0.05, 0.1) is 0 Å². The first kappa shape index (κ1) is 9.13. The molecule has 2 N–H and O–H groups in total. The maximum Gasteiger partial charge on any atom is 0.439 e. The predicted octanol–water partition coefficient (Wildman–Crippen LogP) is 0.123. The Labute approximate surface area is 82.4 Å². The van der Waals surface area contributed by atoms with Crippen molar-refractivity contribution in [3.05, 3.63) is 34.6 Å². The fraction of sp³-hybridized carbons (Fsp3) is 0. The monoisotopic (exact) mass is 207 g/mol. The van der Waals surface area contributed by atoms with Crippen molar-refractivity contribution in [1.29, 1.82) is 0 Å². The van der Waals surface area contributed by atoms with Crippen molar-refractivity contribution in [1.82, 2.24) is 15.1 Å². The van der Waals surface area contributed by atoms with E-state index in [9.17, 15) is 9.59 Å². The van der Waals surface area contributed by atoms with E-state index in [1.54, 1.807) is 0 Å². The van der Waals surface area contributed by atoms with Gasteiger partial charge in [0.1, 0.15) is 5.69 Å². The number of rotatable bonds is 2. The summed E-state index contributed by atoms with van der Waals surface area (Å²) in [5, 5.41) is 12.1. The number of carboxylic acids is 1. The summed E-state index contributed by atoms with van der Waals surface area (Å²) in [4.78, 5) is 27.2. The van der Waals surface area contributed by atoms with Gasteiger partial charge in [-0.15, -0.1) is 0 Å². The van der Waals surface area contributed by atoms with Gasteiger partial charge in [-0.25, -0.2) is 14.6 Å². The van der Waals surface area contributed by atoms with Crippen molar-refractivity contribution in [2.24, 2.45) is 0 Å². The predicted molar refractivity (Wildman–Crippen MR) is 47.3 cm³/mol. The number of aromatic nitrogens is 3. The molecule has 76 valence electrons. The van der Waals surface area contributed by atoms with E-state index in [0.29, 0.717) is 5.56 Å². The highest BCUT2D eigenvalue weighted by Crippen LogP contribution is 2.12. The number of hydrogen-bond acceptors (Lipinski definition) is 5. The first-order valence-electron chi connectivity index (χ1n) is 3.92. The average molecular weight is 207 g/mol. The number of pyridine rings is 1. The molecule has 0 fully saturated rings. The van der Waals surface area contributed by atoms with Crippen LogP contribution in [0, 0.1) is 0 Å². The van der Waals surface area contributed by atoms with Crippen molar-refractivity contribution in [3.8, 4) is 11.4 Å². The van der Waals surface area contributed by atoms with Crippen LogP contribution in [0.1, 0.15) is 10.5 Å². The lowest BCUT2D eigenvalue weighted by atomic mass is 10.2. The van der Waals surface area contributed by atoms with Gasteiger partial charge in [-0.05, 0) is 12.1 Å². The maximum atomic E-state index is 10.7. The second-order valence-electron chi connectivity index (χ2n) is 2.68. The van der Waals surface area contributed by atoms with Gasteiger partial charge < -0.3 is 5.11 Å². The minimum Gasteiger partial charge on any atom is -0.477 e. The van der Waals surface area contributed by atoms with Gasteiger partial charge in [-0.3, -0.25) is 9.51 Å². The topological polar surface area (TPSA) is 109 Å². The summed E-state index contributed by atoms with van der Waals surface area (Å²) in [5.41, 5.74) is 0.296. The molecule has 2 aromatic rings. The Bertz CT molecular complexity index is 557. The number of aromatic carboxylic acids is 1. The number of carbonyl (C=O) groups is 1. The number of nitrogens with zero attached hydrogens (tertiary/aromatic N) is 2. The van der Waals surface area contributed by atoms with Crippen LogP contribution in [0.5, 0.6) is 0 Å². The fourth-order valence-electron chi connectivity index (χ4n) is 1.05. The lowest BCUT2D eigenvalue weighted by Gasteiger charge is -1.95. The van der Waals surface area contributed by atoms with E-state index in [0.717, 1.165) is 0 Å². The normalized spacial score (nSPS) is 10.1. The van der Waals surface area contributed by atoms with Crippen LogP contribution < -0.4 is 5.76 Å². The van der Waals surface area contributed by atoms with Crippen molar-refractivity contribution >= 4 is 5.97 Å². The molecule has 0 radical (unpaired) electrons. The maximum absolute atomic E-state index is 10.7. The molecule has 0 spiro atoms. The van der Waals surface area contributed by atoms with Crippen LogP contribution in [0.2, 0.25) is 0 Å². The third-order valence-corrected chi connectivity index (χ3v) is 1.69. The van der Waals surface area contributed by atoms with Crippen molar-refractivity contribution in [2.45, 2.75) is 0 Å². The Kier molecular flexibility index (Phi) is 2.05. The largest absolute Gasteiger partial charge is 0.477 e. The molecule has 0 aliphatic rings. The molecule has 0 aliphatic carbocycles. The van der Waals surface area contributed by atoms with Gasteiger partial charge in [0.15, 0.2) is 5.82 Å². The third-order valence-electron chi connectivity index (χ3n) is 1.69. The van der Waals surface area contributed by atoms with Gasteiger partial charge >= 0.3 is 11.7 Å². The zero-order valence-electron chi connectivity index (χ0n) is 7.30. The molecule has 0 aromatic carbocycles. The van der Waals surface area contributed by atoms with E-state index in [1.807, 2.05) is 0 Å². The first-order chi connectivity index (χ1) is 7.16. The van der Waals surface area contributed by atoms with E-state index in [2.05, 4.69) is 19.6 Å². The smallest absolute Gasteiger partial charge is 0.439 e. The molecule has 15 heavy (non-hydrogen) atoms. The van der Waals surface area contributed by atoms with Crippen LogP contribution in [0.15, 0.2) is 27.6 Å². The average Bonchev–Trinajstić information content (AvgIpc) is 2.65. The Morgan fingerprint density at radius 1 is 1.53 bits per heavy atom. The molecule has 0 bridgehead atoms. The molecule has 2 rings (SSSR count). The minimum absolute atomic E-state index is 0.128. The number of hydrogen-bond donors (Lipinski definition) is 2. The van der Waals surface area contributed by atoms with Crippen LogP contribution in [-0.4, -0.2) is 26.2 Å². The Balaban J connectivity index is 2.49. The second kappa shape index (κ2) is 3.37. The van der Waals surface area contributed by atoms with Crippen LogP contribution in [0.4, 0.5) is 0 Å². The number of nitrogens with one attached hydrogen (secondary N) is 1. The van der Waals surface area contributed by atoms with Crippen LogP contribution in [0.25, 0.3) is 11.4 Å².